The van der Waals surface area contributed by atoms with Gasteiger partial charge in [-0.2, -0.15) is 0 Å². The Morgan fingerprint density at radius 1 is 1.00 bits per heavy atom. The fourth-order valence-corrected chi connectivity index (χ4v) is 4.19. The van der Waals surface area contributed by atoms with Crippen molar-refractivity contribution in [3.63, 3.8) is 0 Å². The van der Waals surface area contributed by atoms with Gasteiger partial charge < -0.3 is 15.1 Å². The summed E-state index contributed by atoms with van der Waals surface area (Å²) in [6, 6.07) is 13.4. The van der Waals surface area contributed by atoms with E-state index in [-0.39, 0.29) is 11.8 Å². The van der Waals surface area contributed by atoms with Gasteiger partial charge in [0.15, 0.2) is 0 Å². The third-order valence-corrected chi connectivity index (χ3v) is 6.14. The fraction of sp³-hybridized carbons (Fsp3) is 0.400. The van der Waals surface area contributed by atoms with Gasteiger partial charge in [0, 0.05) is 49.6 Å². The summed E-state index contributed by atoms with van der Waals surface area (Å²) in [7, 11) is 2.08. The van der Waals surface area contributed by atoms with Crippen LogP contribution in [-0.2, 0) is 6.42 Å². The Kier molecular flexibility index (Phi) is 6.47. The van der Waals surface area contributed by atoms with Gasteiger partial charge in [0.1, 0.15) is 0 Å². The average Bonchev–Trinajstić information content (AvgIpc) is 2.78. The summed E-state index contributed by atoms with van der Waals surface area (Å²) in [4.78, 5) is 34.4. The number of carbonyl (C=O) groups is 2. The molecule has 2 heterocycles. The lowest BCUT2D eigenvalue weighted by Crippen LogP contribution is -2.47. The maximum absolute atomic E-state index is 13.0. The number of hydrogen-bond donors (Lipinski definition) is 1. The standard InChI is InChI=1S/C25H30N4O2/c1-18(27-23-11-6-10-22-21(23)9-3-4-12-26-24(22)30)19-7-5-8-20(17-19)25(31)29-15-13-28(2)14-16-29/h5-8,10-11,17H,3-4,9,12-16H2,1-2H3,(H,26,30). The van der Waals surface area contributed by atoms with Gasteiger partial charge in [-0.25, -0.2) is 0 Å². The summed E-state index contributed by atoms with van der Waals surface area (Å²) in [5.74, 6) is 0.0495. The van der Waals surface area contributed by atoms with Crippen LogP contribution in [0.3, 0.4) is 0 Å². The summed E-state index contributed by atoms with van der Waals surface area (Å²) in [5.41, 5.74) is 5.01. The summed E-state index contributed by atoms with van der Waals surface area (Å²) in [5, 5.41) is 2.97. The van der Waals surface area contributed by atoms with E-state index in [1.807, 2.05) is 54.3 Å². The van der Waals surface area contributed by atoms with E-state index in [9.17, 15) is 9.59 Å². The normalized spacial score (nSPS) is 18.1. The molecule has 162 valence electrons. The summed E-state index contributed by atoms with van der Waals surface area (Å²) >= 11 is 0. The first-order valence-corrected chi connectivity index (χ1v) is 11.1. The van der Waals surface area contributed by atoms with Crippen LogP contribution in [0.15, 0.2) is 47.5 Å². The predicted octanol–water partition coefficient (Wildman–Crippen LogP) is 3.28. The molecule has 0 unspecified atom stereocenters. The second-order valence-corrected chi connectivity index (χ2v) is 8.39. The Morgan fingerprint density at radius 3 is 2.55 bits per heavy atom. The molecule has 2 aromatic carbocycles. The number of fused-ring (bicyclic) bond motifs is 1. The van der Waals surface area contributed by atoms with E-state index in [1.165, 1.54) is 0 Å². The molecule has 0 aromatic heterocycles. The van der Waals surface area contributed by atoms with Crippen LogP contribution in [-0.4, -0.2) is 67.1 Å². The molecule has 4 rings (SSSR count). The SMILES string of the molecule is CC(=Nc1cccc2c1CCCCNC2=O)c1cccc(C(=O)N2CCN(C)CC2)c1. The number of nitrogens with one attached hydrogen (secondary N) is 1. The zero-order chi connectivity index (χ0) is 21.8. The molecule has 0 atom stereocenters. The number of hydrogen-bond acceptors (Lipinski definition) is 4. The van der Waals surface area contributed by atoms with Crippen LogP contribution in [0.1, 0.15) is 51.6 Å². The first-order valence-electron chi connectivity index (χ1n) is 11.1. The lowest BCUT2D eigenvalue weighted by Gasteiger charge is -2.32. The molecule has 2 aliphatic heterocycles. The van der Waals surface area contributed by atoms with Crippen molar-refractivity contribution in [3.8, 4) is 0 Å². The van der Waals surface area contributed by atoms with Crippen LogP contribution >= 0.6 is 0 Å². The first kappa shape index (κ1) is 21.2. The molecular formula is C25H30N4O2. The zero-order valence-corrected chi connectivity index (χ0v) is 18.4. The Balaban J connectivity index is 1.60. The molecule has 0 radical (unpaired) electrons. The van der Waals surface area contributed by atoms with Crippen molar-refractivity contribution in [2.75, 3.05) is 39.8 Å². The first-order chi connectivity index (χ1) is 15.0. The van der Waals surface area contributed by atoms with Gasteiger partial charge in [0.05, 0.1) is 5.69 Å². The molecule has 2 aliphatic rings. The van der Waals surface area contributed by atoms with E-state index in [0.717, 1.165) is 74.5 Å². The molecule has 1 saturated heterocycles. The number of rotatable bonds is 3. The van der Waals surface area contributed by atoms with Gasteiger partial charge in [-0.3, -0.25) is 14.6 Å². The van der Waals surface area contributed by atoms with Crippen LogP contribution < -0.4 is 5.32 Å². The molecule has 1 fully saturated rings. The summed E-state index contributed by atoms with van der Waals surface area (Å²) in [6.45, 7) is 5.99. The third kappa shape index (κ3) is 4.85. The van der Waals surface area contributed by atoms with Gasteiger partial charge in [-0.05, 0) is 68.6 Å². The Hall–Kier alpha value is -2.99. The predicted molar refractivity (Wildman–Crippen MR) is 123 cm³/mol. The Labute approximate surface area is 184 Å². The fourth-order valence-electron chi connectivity index (χ4n) is 4.19. The van der Waals surface area contributed by atoms with E-state index in [0.29, 0.717) is 11.1 Å². The van der Waals surface area contributed by atoms with Crippen LogP contribution in [0.5, 0.6) is 0 Å². The van der Waals surface area contributed by atoms with Gasteiger partial charge in [0.25, 0.3) is 11.8 Å². The highest BCUT2D eigenvalue weighted by Gasteiger charge is 2.21. The number of benzene rings is 2. The van der Waals surface area contributed by atoms with Crippen molar-refractivity contribution >= 4 is 23.2 Å². The highest BCUT2D eigenvalue weighted by atomic mass is 16.2. The van der Waals surface area contributed by atoms with Gasteiger partial charge in [-0.15, -0.1) is 0 Å². The maximum atomic E-state index is 13.0. The van der Waals surface area contributed by atoms with Crippen molar-refractivity contribution in [1.29, 1.82) is 0 Å². The molecule has 0 bridgehead atoms. The molecule has 0 aliphatic carbocycles. The van der Waals surface area contributed by atoms with E-state index in [4.69, 9.17) is 4.99 Å². The van der Waals surface area contributed by atoms with Gasteiger partial charge in [-0.1, -0.05) is 18.2 Å². The largest absolute Gasteiger partial charge is 0.352 e. The van der Waals surface area contributed by atoms with Crippen molar-refractivity contribution in [2.45, 2.75) is 26.2 Å². The van der Waals surface area contributed by atoms with Gasteiger partial charge >= 0.3 is 0 Å². The smallest absolute Gasteiger partial charge is 0.253 e. The lowest BCUT2D eigenvalue weighted by molar-refractivity contribution is 0.0664. The van der Waals surface area contributed by atoms with Crippen LogP contribution in [0.4, 0.5) is 5.69 Å². The molecular weight excluding hydrogens is 388 g/mol. The van der Waals surface area contributed by atoms with Crippen molar-refractivity contribution in [2.24, 2.45) is 4.99 Å². The Morgan fingerprint density at radius 2 is 1.74 bits per heavy atom. The highest BCUT2D eigenvalue weighted by molar-refractivity contribution is 6.04. The topological polar surface area (TPSA) is 65.0 Å². The number of piperazine rings is 1. The van der Waals surface area contributed by atoms with Crippen molar-refractivity contribution < 1.29 is 9.59 Å². The van der Waals surface area contributed by atoms with Crippen LogP contribution in [0, 0.1) is 0 Å². The lowest BCUT2D eigenvalue weighted by atomic mass is 9.97. The van der Waals surface area contributed by atoms with Crippen molar-refractivity contribution in [3.05, 3.63) is 64.7 Å². The highest BCUT2D eigenvalue weighted by Crippen LogP contribution is 2.27. The second-order valence-electron chi connectivity index (χ2n) is 8.39. The molecule has 2 amide bonds. The molecule has 1 N–H and O–H groups in total. The maximum Gasteiger partial charge on any atom is 0.253 e. The Bertz CT molecular complexity index is 1010. The minimum absolute atomic E-state index is 0.0239. The second kappa shape index (κ2) is 9.43. The van der Waals surface area contributed by atoms with E-state index in [1.54, 1.807) is 0 Å². The van der Waals surface area contributed by atoms with Gasteiger partial charge in [0.2, 0.25) is 0 Å². The average molecular weight is 419 g/mol. The van der Waals surface area contributed by atoms with E-state index < -0.39 is 0 Å². The van der Waals surface area contributed by atoms with Crippen LogP contribution in [0.25, 0.3) is 0 Å². The molecule has 0 saturated carbocycles. The summed E-state index contributed by atoms with van der Waals surface area (Å²) < 4.78 is 0. The molecule has 31 heavy (non-hydrogen) atoms. The van der Waals surface area contributed by atoms with Crippen LogP contribution in [0.2, 0.25) is 0 Å². The zero-order valence-electron chi connectivity index (χ0n) is 18.4. The quantitative estimate of drug-likeness (QED) is 0.778. The minimum atomic E-state index is -0.0239. The van der Waals surface area contributed by atoms with E-state index >= 15 is 0 Å². The molecule has 6 nitrogen and oxygen atoms in total. The third-order valence-electron chi connectivity index (χ3n) is 6.14. The number of nitrogens with zero attached hydrogens (tertiary/aromatic N) is 3. The van der Waals surface area contributed by atoms with Crippen molar-refractivity contribution in [1.82, 2.24) is 15.1 Å². The molecule has 2 aromatic rings. The molecule has 0 spiro atoms. The number of likely N-dealkylation sites (N-methyl/N-ethyl adjacent to an activating group) is 1. The number of aliphatic imine (C=N–C) groups is 1. The minimum Gasteiger partial charge on any atom is -0.352 e. The number of amides is 2. The number of carbonyl (C=O) groups excluding carboxylic acids is 2. The van der Waals surface area contributed by atoms with E-state index in [2.05, 4.69) is 17.3 Å². The monoisotopic (exact) mass is 418 g/mol. The molecule has 6 heteroatoms. The summed E-state index contributed by atoms with van der Waals surface area (Å²) in [6.07, 6.45) is 2.84.